The average molecular weight is 288 g/mol. The van der Waals surface area contributed by atoms with Crippen molar-refractivity contribution in [2.45, 2.75) is 6.61 Å². The quantitative estimate of drug-likeness (QED) is 0.815. The zero-order valence-electron chi connectivity index (χ0n) is 11.2. The summed E-state index contributed by atoms with van der Waals surface area (Å²) >= 11 is 0. The first-order valence-corrected chi connectivity index (χ1v) is 6.55. The van der Waals surface area contributed by atoms with E-state index in [1.807, 2.05) is 0 Å². The first-order chi connectivity index (χ1) is 10.3. The van der Waals surface area contributed by atoms with E-state index < -0.39 is 11.8 Å². The Labute approximate surface area is 121 Å². The minimum atomic E-state index is -0.569. The van der Waals surface area contributed by atoms with Gasteiger partial charge in [-0.25, -0.2) is 9.18 Å². The normalized spacial score (nSPS) is 12.8. The zero-order valence-corrected chi connectivity index (χ0v) is 11.2. The number of hydrogen-bond donors (Lipinski definition) is 0. The van der Waals surface area contributed by atoms with Crippen LogP contribution in [0.25, 0.3) is 0 Å². The Morgan fingerprint density at radius 3 is 2.76 bits per heavy atom. The SMILES string of the molecule is O=C(OCc1ccccc1F)c1cccc2c1OCCO2. The lowest BCUT2D eigenvalue weighted by molar-refractivity contribution is 0.0459. The highest BCUT2D eigenvalue weighted by Gasteiger charge is 2.21. The molecule has 0 aromatic heterocycles. The highest BCUT2D eigenvalue weighted by molar-refractivity contribution is 5.93. The highest BCUT2D eigenvalue weighted by atomic mass is 19.1. The summed E-state index contributed by atoms with van der Waals surface area (Å²) in [5, 5.41) is 0. The summed E-state index contributed by atoms with van der Waals surface area (Å²) in [6.07, 6.45) is 0. The molecule has 4 nitrogen and oxygen atoms in total. The second-order valence-corrected chi connectivity index (χ2v) is 4.50. The maximum Gasteiger partial charge on any atom is 0.342 e. The summed E-state index contributed by atoms with van der Waals surface area (Å²) in [7, 11) is 0. The monoisotopic (exact) mass is 288 g/mol. The van der Waals surface area contributed by atoms with Crippen molar-refractivity contribution in [1.82, 2.24) is 0 Å². The van der Waals surface area contributed by atoms with Gasteiger partial charge < -0.3 is 14.2 Å². The first kappa shape index (κ1) is 13.4. The summed E-state index contributed by atoms with van der Waals surface area (Å²) in [6, 6.07) is 11.2. The molecule has 0 amide bonds. The predicted molar refractivity (Wildman–Crippen MR) is 73.0 cm³/mol. The second-order valence-electron chi connectivity index (χ2n) is 4.50. The number of para-hydroxylation sites is 1. The third kappa shape index (κ3) is 2.81. The van der Waals surface area contributed by atoms with Crippen molar-refractivity contribution in [2.24, 2.45) is 0 Å². The van der Waals surface area contributed by atoms with Crippen molar-refractivity contribution >= 4 is 5.97 Å². The van der Waals surface area contributed by atoms with Crippen molar-refractivity contribution in [3.05, 3.63) is 59.4 Å². The lowest BCUT2D eigenvalue weighted by Gasteiger charge is -2.20. The molecule has 0 N–H and O–H groups in total. The number of carbonyl (C=O) groups excluding carboxylic acids is 1. The van der Waals surface area contributed by atoms with Gasteiger partial charge in [0.1, 0.15) is 31.2 Å². The molecule has 0 aliphatic carbocycles. The van der Waals surface area contributed by atoms with Crippen LogP contribution in [0.2, 0.25) is 0 Å². The van der Waals surface area contributed by atoms with E-state index in [1.54, 1.807) is 36.4 Å². The third-order valence-corrected chi connectivity index (χ3v) is 3.10. The van der Waals surface area contributed by atoms with Gasteiger partial charge in [-0.3, -0.25) is 0 Å². The predicted octanol–water partition coefficient (Wildman–Crippen LogP) is 2.95. The van der Waals surface area contributed by atoms with Gasteiger partial charge in [0.15, 0.2) is 11.5 Å². The lowest BCUT2D eigenvalue weighted by atomic mass is 10.1. The molecular formula is C16H13FO4. The average Bonchev–Trinajstić information content (AvgIpc) is 2.53. The molecule has 0 saturated carbocycles. The maximum absolute atomic E-state index is 13.5. The van der Waals surface area contributed by atoms with Gasteiger partial charge in [-0.15, -0.1) is 0 Å². The van der Waals surface area contributed by atoms with Crippen LogP contribution in [0, 0.1) is 5.82 Å². The number of carbonyl (C=O) groups is 1. The van der Waals surface area contributed by atoms with Crippen molar-refractivity contribution in [1.29, 1.82) is 0 Å². The summed E-state index contributed by atoms with van der Waals surface area (Å²) in [6.45, 7) is 0.696. The Hall–Kier alpha value is -2.56. The van der Waals surface area contributed by atoms with Crippen LogP contribution >= 0.6 is 0 Å². The number of esters is 1. The standard InChI is InChI=1S/C16H13FO4/c17-13-6-2-1-4-11(13)10-21-16(18)12-5-3-7-14-15(12)20-9-8-19-14/h1-7H,8-10H2. The van der Waals surface area contributed by atoms with E-state index in [-0.39, 0.29) is 12.2 Å². The maximum atomic E-state index is 13.5. The van der Waals surface area contributed by atoms with E-state index in [2.05, 4.69) is 0 Å². The van der Waals surface area contributed by atoms with Gasteiger partial charge in [-0.2, -0.15) is 0 Å². The minimum absolute atomic E-state index is 0.129. The Kier molecular flexibility index (Phi) is 3.73. The molecule has 1 heterocycles. The Morgan fingerprint density at radius 2 is 1.90 bits per heavy atom. The number of halogens is 1. The lowest BCUT2D eigenvalue weighted by Crippen LogP contribution is -2.18. The van der Waals surface area contributed by atoms with E-state index in [4.69, 9.17) is 14.2 Å². The van der Waals surface area contributed by atoms with Crippen LogP contribution in [0.3, 0.4) is 0 Å². The summed E-state index contributed by atoms with van der Waals surface area (Å²) in [4.78, 5) is 12.1. The van der Waals surface area contributed by atoms with Crippen molar-refractivity contribution in [3.8, 4) is 11.5 Å². The molecule has 5 heteroatoms. The number of hydrogen-bond acceptors (Lipinski definition) is 4. The largest absolute Gasteiger partial charge is 0.486 e. The molecule has 21 heavy (non-hydrogen) atoms. The fourth-order valence-electron chi connectivity index (χ4n) is 2.07. The van der Waals surface area contributed by atoms with Crippen LogP contribution in [0.4, 0.5) is 4.39 Å². The van der Waals surface area contributed by atoms with Gasteiger partial charge >= 0.3 is 5.97 Å². The molecule has 0 saturated heterocycles. The van der Waals surface area contributed by atoms with Gasteiger partial charge in [-0.05, 0) is 18.2 Å². The van der Waals surface area contributed by atoms with E-state index in [1.165, 1.54) is 6.07 Å². The van der Waals surface area contributed by atoms with Crippen molar-refractivity contribution in [2.75, 3.05) is 13.2 Å². The van der Waals surface area contributed by atoms with Crippen LogP contribution in [0.15, 0.2) is 42.5 Å². The van der Waals surface area contributed by atoms with E-state index in [0.29, 0.717) is 30.3 Å². The molecule has 108 valence electrons. The minimum Gasteiger partial charge on any atom is -0.486 e. The van der Waals surface area contributed by atoms with Gasteiger partial charge in [0.05, 0.1) is 0 Å². The molecule has 3 rings (SSSR count). The van der Waals surface area contributed by atoms with Gasteiger partial charge in [0.25, 0.3) is 0 Å². The first-order valence-electron chi connectivity index (χ1n) is 6.55. The van der Waals surface area contributed by atoms with Gasteiger partial charge in [0.2, 0.25) is 0 Å². The molecule has 1 aliphatic rings. The Bertz CT molecular complexity index is 669. The van der Waals surface area contributed by atoms with Gasteiger partial charge in [0, 0.05) is 5.56 Å². The van der Waals surface area contributed by atoms with Crippen LogP contribution in [0.1, 0.15) is 15.9 Å². The van der Waals surface area contributed by atoms with Crippen LogP contribution in [0.5, 0.6) is 11.5 Å². The fraction of sp³-hybridized carbons (Fsp3) is 0.188. The Balaban J connectivity index is 1.76. The van der Waals surface area contributed by atoms with E-state index >= 15 is 0 Å². The smallest absolute Gasteiger partial charge is 0.342 e. The summed E-state index contributed by atoms with van der Waals surface area (Å²) in [5.41, 5.74) is 0.608. The molecule has 0 fully saturated rings. The summed E-state index contributed by atoms with van der Waals surface area (Å²) < 4.78 is 29.5. The number of ether oxygens (including phenoxy) is 3. The molecule has 0 atom stereocenters. The molecule has 0 bridgehead atoms. The molecular weight excluding hydrogens is 275 g/mol. The number of fused-ring (bicyclic) bond motifs is 1. The third-order valence-electron chi connectivity index (χ3n) is 3.10. The van der Waals surface area contributed by atoms with Crippen molar-refractivity contribution in [3.63, 3.8) is 0 Å². The van der Waals surface area contributed by atoms with Crippen LogP contribution in [-0.4, -0.2) is 19.2 Å². The van der Waals surface area contributed by atoms with E-state index in [9.17, 15) is 9.18 Å². The highest BCUT2D eigenvalue weighted by Crippen LogP contribution is 2.34. The topological polar surface area (TPSA) is 44.8 Å². The Morgan fingerprint density at radius 1 is 1.10 bits per heavy atom. The summed E-state index contributed by atoms with van der Waals surface area (Å²) in [5.74, 6) is -0.0792. The fourth-order valence-corrected chi connectivity index (χ4v) is 2.07. The number of rotatable bonds is 3. The number of benzene rings is 2. The van der Waals surface area contributed by atoms with Crippen molar-refractivity contribution < 1.29 is 23.4 Å². The zero-order chi connectivity index (χ0) is 14.7. The second kappa shape index (κ2) is 5.83. The molecule has 0 radical (unpaired) electrons. The molecule has 0 spiro atoms. The molecule has 2 aromatic carbocycles. The van der Waals surface area contributed by atoms with Crippen LogP contribution < -0.4 is 9.47 Å². The molecule has 0 unspecified atom stereocenters. The van der Waals surface area contributed by atoms with E-state index in [0.717, 1.165) is 0 Å². The molecule has 1 aliphatic heterocycles. The van der Waals surface area contributed by atoms with Crippen LogP contribution in [-0.2, 0) is 11.3 Å². The van der Waals surface area contributed by atoms with Gasteiger partial charge in [-0.1, -0.05) is 24.3 Å². The molecule has 2 aromatic rings.